The molecule has 6 heteroatoms. The third-order valence-electron chi connectivity index (χ3n) is 3.64. The molecule has 2 N–H and O–H groups in total. The lowest BCUT2D eigenvalue weighted by Crippen LogP contribution is -2.35. The Balaban J connectivity index is 1.69. The summed E-state index contributed by atoms with van der Waals surface area (Å²) >= 11 is 0. The number of piperidine rings is 1. The largest absolute Gasteiger partial charge is 0.469 e. The third-order valence-corrected chi connectivity index (χ3v) is 3.64. The molecule has 0 radical (unpaired) electrons. The molecule has 0 aromatic carbocycles. The molecule has 1 aromatic heterocycles. The first-order chi connectivity index (χ1) is 9.19. The molecule has 0 unspecified atom stereocenters. The number of ether oxygens (including phenoxy) is 1. The van der Waals surface area contributed by atoms with E-state index in [4.69, 9.17) is 5.73 Å². The summed E-state index contributed by atoms with van der Waals surface area (Å²) in [5.41, 5.74) is 5.63. The van der Waals surface area contributed by atoms with Gasteiger partial charge < -0.3 is 15.4 Å². The second-order valence-electron chi connectivity index (χ2n) is 4.97. The first-order valence-electron chi connectivity index (χ1n) is 6.79. The van der Waals surface area contributed by atoms with Crippen LogP contribution in [0.5, 0.6) is 0 Å². The SMILES string of the molecule is COC(=O)CCCN1CCC(n2ccc(N)n2)CC1. The zero-order valence-electron chi connectivity index (χ0n) is 11.4. The van der Waals surface area contributed by atoms with Gasteiger partial charge in [-0.25, -0.2) is 0 Å². The molecule has 1 aliphatic rings. The van der Waals surface area contributed by atoms with Crippen LogP contribution >= 0.6 is 0 Å². The van der Waals surface area contributed by atoms with Gasteiger partial charge in [0, 0.05) is 25.7 Å². The van der Waals surface area contributed by atoms with E-state index >= 15 is 0 Å². The smallest absolute Gasteiger partial charge is 0.305 e. The van der Waals surface area contributed by atoms with Gasteiger partial charge in [-0.05, 0) is 31.9 Å². The fraction of sp³-hybridized carbons (Fsp3) is 0.692. The normalized spacial score (nSPS) is 17.5. The van der Waals surface area contributed by atoms with E-state index in [1.165, 1.54) is 7.11 Å². The molecule has 1 aromatic rings. The standard InChI is InChI=1S/C13H22N4O2/c1-19-13(18)3-2-7-16-8-4-11(5-9-16)17-10-6-12(14)15-17/h6,10-11H,2-5,7-9H2,1H3,(H2,14,15). The second-order valence-corrected chi connectivity index (χ2v) is 4.97. The number of carbonyl (C=O) groups excluding carboxylic acids is 1. The van der Waals surface area contributed by atoms with Crippen LogP contribution in [0.25, 0.3) is 0 Å². The van der Waals surface area contributed by atoms with Crippen molar-refractivity contribution < 1.29 is 9.53 Å². The van der Waals surface area contributed by atoms with Crippen LogP contribution in [0.15, 0.2) is 12.3 Å². The highest BCUT2D eigenvalue weighted by molar-refractivity contribution is 5.69. The fourth-order valence-electron chi connectivity index (χ4n) is 2.51. The van der Waals surface area contributed by atoms with Crippen LogP contribution in [0, 0.1) is 0 Å². The van der Waals surface area contributed by atoms with Crippen molar-refractivity contribution in [1.29, 1.82) is 0 Å². The summed E-state index contributed by atoms with van der Waals surface area (Å²) in [7, 11) is 1.43. The van der Waals surface area contributed by atoms with E-state index in [9.17, 15) is 4.79 Å². The Bertz CT molecular complexity index is 411. The highest BCUT2D eigenvalue weighted by atomic mass is 16.5. The minimum absolute atomic E-state index is 0.123. The Morgan fingerprint density at radius 1 is 1.53 bits per heavy atom. The highest BCUT2D eigenvalue weighted by Crippen LogP contribution is 2.22. The van der Waals surface area contributed by atoms with Crippen LogP contribution in [-0.4, -0.2) is 47.4 Å². The molecule has 1 fully saturated rings. The molecule has 2 heterocycles. The Labute approximate surface area is 113 Å². The van der Waals surface area contributed by atoms with Gasteiger partial charge in [0.25, 0.3) is 0 Å². The van der Waals surface area contributed by atoms with E-state index in [2.05, 4.69) is 14.7 Å². The molecule has 0 bridgehead atoms. The Morgan fingerprint density at radius 2 is 2.26 bits per heavy atom. The van der Waals surface area contributed by atoms with Crippen LogP contribution in [-0.2, 0) is 9.53 Å². The zero-order valence-corrected chi connectivity index (χ0v) is 11.4. The number of methoxy groups -OCH3 is 1. The maximum Gasteiger partial charge on any atom is 0.305 e. The second kappa shape index (κ2) is 6.56. The van der Waals surface area contributed by atoms with Gasteiger partial charge in [0.05, 0.1) is 13.2 Å². The average Bonchev–Trinajstić information content (AvgIpc) is 2.86. The summed E-state index contributed by atoms with van der Waals surface area (Å²) in [6.07, 6.45) is 5.49. The summed E-state index contributed by atoms with van der Waals surface area (Å²) < 4.78 is 6.61. The summed E-state index contributed by atoms with van der Waals surface area (Å²) in [5.74, 6) is 0.461. The van der Waals surface area contributed by atoms with E-state index in [-0.39, 0.29) is 5.97 Å². The predicted octanol–water partition coefficient (Wildman–Crippen LogP) is 1.06. The van der Waals surface area contributed by atoms with Gasteiger partial charge >= 0.3 is 5.97 Å². The minimum atomic E-state index is -0.123. The Kier molecular flexibility index (Phi) is 4.79. The summed E-state index contributed by atoms with van der Waals surface area (Å²) in [6.45, 7) is 3.06. The number of hydrogen-bond donors (Lipinski definition) is 1. The van der Waals surface area contributed by atoms with Crippen LogP contribution in [0.1, 0.15) is 31.7 Å². The van der Waals surface area contributed by atoms with Gasteiger partial charge in [0.15, 0.2) is 0 Å². The van der Waals surface area contributed by atoms with Gasteiger partial charge in [-0.1, -0.05) is 0 Å². The molecule has 1 saturated heterocycles. The molecule has 6 nitrogen and oxygen atoms in total. The van der Waals surface area contributed by atoms with Crippen molar-refractivity contribution in [2.45, 2.75) is 31.7 Å². The first kappa shape index (κ1) is 13.9. The van der Waals surface area contributed by atoms with Crippen molar-refractivity contribution in [3.8, 4) is 0 Å². The monoisotopic (exact) mass is 266 g/mol. The van der Waals surface area contributed by atoms with Crippen LogP contribution in [0.2, 0.25) is 0 Å². The number of likely N-dealkylation sites (tertiary alicyclic amines) is 1. The van der Waals surface area contributed by atoms with Crippen LogP contribution < -0.4 is 5.73 Å². The maximum atomic E-state index is 11.0. The van der Waals surface area contributed by atoms with E-state index in [0.717, 1.165) is 38.9 Å². The van der Waals surface area contributed by atoms with Crippen molar-refractivity contribution in [1.82, 2.24) is 14.7 Å². The van der Waals surface area contributed by atoms with E-state index < -0.39 is 0 Å². The lowest BCUT2D eigenvalue weighted by Gasteiger charge is -2.31. The number of anilines is 1. The summed E-state index contributed by atoms with van der Waals surface area (Å²) in [6, 6.07) is 2.29. The number of nitrogen functional groups attached to an aromatic ring is 1. The van der Waals surface area contributed by atoms with Gasteiger partial charge in [-0.15, -0.1) is 0 Å². The topological polar surface area (TPSA) is 73.4 Å². The van der Waals surface area contributed by atoms with Gasteiger partial charge in [0.2, 0.25) is 0 Å². The quantitative estimate of drug-likeness (QED) is 0.807. The van der Waals surface area contributed by atoms with Crippen molar-refractivity contribution in [2.75, 3.05) is 32.5 Å². The predicted molar refractivity (Wildman–Crippen MR) is 72.6 cm³/mol. The molecule has 0 atom stereocenters. The van der Waals surface area contributed by atoms with E-state index in [1.54, 1.807) is 0 Å². The number of carbonyl (C=O) groups is 1. The molecule has 0 spiro atoms. The molecule has 2 rings (SSSR count). The van der Waals surface area contributed by atoms with Crippen molar-refractivity contribution in [3.05, 3.63) is 12.3 Å². The van der Waals surface area contributed by atoms with Crippen LogP contribution in [0.4, 0.5) is 5.82 Å². The van der Waals surface area contributed by atoms with Crippen molar-refractivity contribution in [2.24, 2.45) is 0 Å². The number of esters is 1. The number of hydrogen-bond acceptors (Lipinski definition) is 5. The van der Waals surface area contributed by atoms with Crippen LogP contribution in [0.3, 0.4) is 0 Å². The number of nitrogens with two attached hydrogens (primary N) is 1. The van der Waals surface area contributed by atoms with Gasteiger partial charge in [-0.2, -0.15) is 5.10 Å². The fourth-order valence-corrected chi connectivity index (χ4v) is 2.51. The minimum Gasteiger partial charge on any atom is -0.469 e. The Hall–Kier alpha value is -1.56. The van der Waals surface area contributed by atoms with E-state index in [0.29, 0.717) is 18.3 Å². The molecular weight excluding hydrogens is 244 g/mol. The molecule has 0 saturated carbocycles. The summed E-state index contributed by atoms with van der Waals surface area (Å²) in [4.78, 5) is 13.4. The van der Waals surface area contributed by atoms with E-state index in [1.807, 2.05) is 16.9 Å². The molecule has 0 aliphatic carbocycles. The number of aromatic nitrogens is 2. The number of rotatable bonds is 5. The first-order valence-corrected chi connectivity index (χ1v) is 6.79. The number of nitrogens with zero attached hydrogens (tertiary/aromatic N) is 3. The maximum absolute atomic E-state index is 11.0. The highest BCUT2D eigenvalue weighted by Gasteiger charge is 2.20. The third kappa shape index (κ3) is 3.96. The zero-order chi connectivity index (χ0) is 13.7. The lowest BCUT2D eigenvalue weighted by molar-refractivity contribution is -0.140. The molecular formula is C13H22N4O2. The Morgan fingerprint density at radius 3 is 2.84 bits per heavy atom. The molecule has 106 valence electrons. The van der Waals surface area contributed by atoms with Crippen molar-refractivity contribution >= 4 is 11.8 Å². The van der Waals surface area contributed by atoms with Crippen molar-refractivity contribution in [3.63, 3.8) is 0 Å². The van der Waals surface area contributed by atoms with Gasteiger partial charge in [0.1, 0.15) is 5.82 Å². The summed E-state index contributed by atoms with van der Waals surface area (Å²) in [5, 5.41) is 4.27. The molecule has 19 heavy (non-hydrogen) atoms. The molecule has 1 aliphatic heterocycles. The lowest BCUT2D eigenvalue weighted by atomic mass is 10.1. The van der Waals surface area contributed by atoms with Gasteiger partial charge in [-0.3, -0.25) is 9.48 Å². The average molecular weight is 266 g/mol. The molecule has 0 amide bonds.